The van der Waals surface area contributed by atoms with E-state index in [0.29, 0.717) is 43.7 Å². The fourth-order valence-corrected chi connectivity index (χ4v) is 3.11. The maximum absolute atomic E-state index is 12.9. The highest BCUT2D eigenvalue weighted by atomic mass is 19.1. The molecule has 0 atom stereocenters. The smallest absolute Gasteiger partial charge is 0.321 e. The molecule has 0 spiro atoms. The zero-order valence-electron chi connectivity index (χ0n) is 15.3. The molecule has 1 aliphatic rings. The summed E-state index contributed by atoms with van der Waals surface area (Å²) < 4.78 is 12.9. The number of carbonyl (C=O) groups excluding carboxylic acids is 2. The third kappa shape index (κ3) is 5.07. The molecule has 0 radical (unpaired) electrons. The lowest BCUT2D eigenvalue weighted by molar-refractivity contribution is -0.126. The number of carbonyl (C=O) groups is 2. The van der Waals surface area contributed by atoms with Crippen LogP contribution in [0.2, 0.25) is 0 Å². The summed E-state index contributed by atoms with van der Waals surface area (Å²) in [4.78, 5) is 26.4. The number of urea groups is 1. The first-order chi connectivity index (χ1) is 13.5. The summed E-state index contributed by atoms with van der Waals surface area (Å²) in [5.74, 6) is -0.488. The number of hydrogen-bond acceptors (Lipinski definition) is 3. The highest BCUT2D eigenvalue weighted by Crippen LogP contribution is 2.19. The van der Waals surface area contributed by atoms with E-state index in [1.165, 1.54) is 12.1 Å². The van der Waals surface area contributed by atoms with Crippen LogP contribution in [-0.2, 0) is 11.3 Å². The number of amides is 3. The molecule has 3 amide bonds. The Kier molecular flexibility index (Phi) is 6.22. The van der Waals surface area contributed by atoms with E-state index in [-0.39, 0.29) is 23.7 Å². The molecule has 0 aliphatic carbocycles. The summed E-state index contributed by atoms with van der Waals surface area (Å²) in [6.07, 6.45) is 1.19. The van der Waals surface area contributed by atoms with Gasteiger partial charge in [0.25, 0.3) is 0 Å². The maximum atomic E-state index is 12.9. The summed E-state index contributed by atoms with van der Waals surface area (Å²) in [5.41, 5.74) is 2.00. The fraction of sp³-hybridized carbons (Fsp3) is 0.286. The van der Waals surface area contributed by atoms with Gasteiger partial charge in [0.15, 0.2) is 0 Å². The number of rotatable bonds is 4. The largest absolute Gasteiger partial charge is 0.352 e. The van der Waals surface area contributed by atoms with E-state index in [2.05, 4.69) is 10.6 Å². The number of piperidine rings is 1. The molecule has 2 aromatic rings. The molecule has 1 heterocycles. The van der Waals surface area contributed by atoms with Crippen LogP contribution < -0.4 is 10.6 Å². The van der Waals surface area contributed by atoms with E-state index >= 15 is 0 Å². The lowest BCUT2D eigenvalue weighted by Crippen LogP contribution is -2.44. The monoisotopic (exact) mass is 380 g/mol. The second-order valence-corrected chi connectivity index (χ2v) is 6.72. The normalized spacial score (nSPS) is 14.2. The Morgan fingerprint density at radius 1 is 1.07 bits per heavy atom. The quantitative estimate of drug-likeness (QED) is 0.854. The van der Waals surface area contributed by atoms with Crippen LogP contribution in [0.15, 0.2) is 48.5 Å². The minimum absolute atomic E-state index is 0.0449. The molecular formula is C21H21FN4O2. The molecule has 0 unspecified atom stereocenters. The van der Waals surface area contributed by atoms with Crippen LogP contribution >= 0.6 is 0 Å². The minimum atomic E-state index is -0.304. The molecule has 1 saturated heterocycles. The average molecular weight is 380 g/mol. The van der Waals surface area contributed by atoms with Crippen LogP contribution in [0.1, 0.15) is 24.0 Å². The van der Waals surface area contributed by atoms with Gasteiger partial charge in [0, 0.05) is 31.2 Å². The summed E-state index contributed by atoms with van der Waals surface area (Å²) in [6, 6.07) is 14.5. The number of anilines is 1. The molecule has 0 saturated carbocycles. The summed E-state index contributed by atoms with van der Waals surface area (Å²) in [5, 5.41) is 14.5. The van der Waals surface area contributed by atoms with Gasteiger partial charge in [-0.15, -0.1) is 0 Å². The number of likely N-dealkylation sites (tertiary alicyclic amines) is 1. The molecule has 6 nitrogen and oxygen atoms in total. The molecule has 144 valence electrons. The number of benzene rings is 2. The van der Waals surface area contributed by atoms with Gasteiger partial charge in [-0.3, -0.25) is 4.79 Å². The van der Waals surface area contributed by atoms with Crippen LogP contribution in [0.3, 0.4) is 0 Å². The lowest BCUT2D eigenvalue weighted by Gasteiger charge is -2.31. The zero-order chi connectivity index (χ0) is 19.9. The first-order valence-electron chi connectivity index (χ1n) is 9.13. The number of nitrogens with one attached hydrogen (secondary N) is 2. The Labute approximate surface area is 163 Å². The predicted octanol–water partition coefficient (Wildman–Crippen LogP) is 3.26. The first kappa shape index (κ1) is 19.4. The molecule has 2 aromatic carbocycles. The van der Waals surface area contributed by atoms with E-state index in [1.54, 1.807) is 41.3 Å². The summed E-state index contributed by atoms with van der Waals surface area (Å²) in [6.45, 7) is 1.35. The topological polar surface area (TPSA) is 85.2 Å². The predicted molar refractivity (Wildman–Crippen MR) is 103 cm³/mol. The van der Waals surface area contributed by atoms with Gasteiger partial charge in [0.2, 0.25) is 5.91 Å². The van der Waals surface area contributed by atoms with Crippen molar-refractivity contribution in [3.8, 4) is 6.07 Å². The third-order valence-electron chi connectivity index (χ3n) is 4.80. The molecule has 7 heteroatoms. The fourth-order valence-electron chi connectivity index (χ4n) is 3.11. The lowest BCUT2D eigenvalue weighted by atomic mass is 9.96. The third-order valence-corrected chi connectivity index (χ3v) is 4.80. The Bertz CT molecular complexity index is 867. The number of nitriles is 1. The van der Waals surface area contributed by atoms with Gasteiger partial charge in [-0.2, -0.15) is 5.26 Å². The molecule has 0 bridgehead atoms. The molecule has 28 heavy (non-hydrogen) atoms. The highest BCUT2D eigenvalue weighted by molar-refractivity contribution is 5.89. The second kappa shape index (κ2) is 9.00. The van der Waals surface area contributed by atoms with E-state index in [1.807, 2.05) is 6.07 Å². The highest BCUT2D eigenvalue weighted by Gasteiger charge is 2.27. The van der Waals surface area contributed by atoms with Crippen molar-refractivity contribution in [2.24, 2.45) is 5.92 Å². The van der Waals surface area contributed by atoms with Crippen LogP contribution in [0, 0.1) is 23.1 Å². The van der Waals surface area contributed by atoms with E-state index in [4.69, 9.17) is 5.26 Å². The van der Waals surface area contributed by atoms with E-state index in [0.717, 1.165) is 5.56 Å². The van der Waals surface area contributed by atoms with Crippen molar-refractivity contribution in [2.75, 3.05) is 18.4 Å². The van der Waals surface area contributed by atoms with Crippen LogP contribution in [0.5, 0.6) is 0 Å². The average Bonchev–Trinajstić information content (AvgIpc) is 2.73. The molecular weight excluding hydrogens is 359 g/mol. The zero-order valence-corrected chi connectivity index (χ0v) is 15.3. The van der Waals surface area contributed by atoms with Gasteiger partial charge in [0.1, 0.15) is 5.82 Å². The van der Waals surface area contributed by atoms with Crippen LogP contribution in [0.25, 0.3) is 0 Å². The molecule has 1 aliphatic heterocycles. The van der Waals surface area contributed by atoms with Crippen molar-refractivity contribution in [3.05, 3.63) is 65.5 Å². The Morgan fingerprint density at radius 3 is 2.32 bits per heavy atom. The van der Waals surface area contributed by atoms with Gasteiger partial charge >= 0.3 is 6.03 Å². The summed E-state index contributed by atoms with van der Waals surface area (Å²) in [7, 11) is 0. The first-order valence-corrected chi connectivity index (χ1v) is 9.13. The Hall–Kier alpha value is -3.40. The minimum Gasteiger partial charge on any atom is -0.352 e. The van der Waals surface area contributed by atoms with E-state index in [9.17, 15) is 14.0 Å². The van der Waals surface area contributed by atoms with Crippen molar-refractivity contribution in [1.29, 1.82) is 5.26 Å². The van der Waals surface area contributed by atoms with Gasteiger partial charge in [-0.25, -0.2) is 9.18 Å². The van der Waals surface area contributed by atoms with Crippen molar-refractivity contribution in [3.63, 3.8) is 0 Å². The standard InChI is InChI=1S/C21H21FN4O2/c22-18-5-1-16(2-6-18)14-24-20(27)17-9-11-26(12-10-17)21(28)25-19-7-3-15(13-23)4-8-19/h1-8,17H,9-12,14H2,(H,24,27)(H,25,28). The second-order valence-electron chi connectivity index (χ2n) is 6.72. The van der Waals surface area contributed by atoms with Gasteiger partial charge < -0.3 is 15.5 Å². The van der Waals surface area contributed by atoms with E-state index < -0.39 is 0 Å². The number of nitrogens with zero attached hydrogens (tertiary/aromatic N) is 2. The van der Waals surface area contributed by atoms with Crippen LogP contribution in [0.4, 0.5) is 14.9 Å². The SMILES string of the molecule is N#Cc1ccc(NC(=O)N2CCC(C(=O)NCc3ccc(F)cc3)CC2)cc1. The van der Waals surface area contributed by atoms with Crippen LogP contribution in [-0.4, -0.2) is 29.9 Å². The maximum Gasteiger partial charge on any atom is 0.321 e. The molecule has 2 N–H and O–H groups in total. The number of halogens is 1. The van der Waals surface area contributed by atoms with Crippen molar-refractivity contribution < 1.29 is 14.0 Å². The molecule has 0 aromatic heterocycles. The Morgan fingerprint density at radius 2 is 1.71 bits per heavy atom. The van der Waals surface area contributed by atoms with Gasteiger partial charge in [0.05, 0.1) is 11.6 Å². The molecule has 3 rings (SSSR count). The van der Waals surface area contributed by atoms with Gasteiger partial charge in [-0.05, 0) is 54.8 Å². The van der Waals surface area contributed by atoms with Crippen molar-refractivity contribution >= 4 is 17.6 Å². The molecule has 1 fully saturated rings. The van der Waals surface area contributed by atoms with Gasteiger partial charge in [-0.1, -0.05) is 12.1 Å². The Balaban J connectivity index is 1.44. The van der Waals surface area contributed by atoms with Crippen molar-refractivity contribution in [2.45, 2.75) is 19.4 Å². The van der Waals surface area contributed by atoms with Crippen molar-refractivity contribution in [1.82, 2.24) is 10.2 Å². The summed E-state index contributed by atoms with van der Waals surface area (Å²) >= 11 is 0. The number of hydrogen-bond donors (Lipinski definition) is 2.